The molecule has 4 rings (SSSR count). The third-order valence-electron chi connectivity index (χ3n) is 7.65. The molecule has 210 valence electrons. The van der Waals surface area contributed by atoms with Crippen LogP contribution in [-0.4, -0.2) is 87.2 Å². The number of carbonyl (C=O) groups excluding carboxylic acids is 2. The van der Waals surface area contributed by atoms with Gasteiger partial charge in [0, 0.05) is 45.1 Å². The summed E-state index contributed by atoms with van der Waals surface area (Å²) in [5.41, 5.74) is 3.86. The van der Waals surface area contributed by atoms with Gasteiger partial charge in [-0.3, -0.25) is 14.4 Å². The molecule has 0 radical (unpaired) electrons. The number of aliphatic carboxylic acids is 1. The van der Waals surface area contributed by atoms with Gasteiger partial charge in [-0.1, -0.05) is 18.2 Å². The monoisotopic (exact) mass is 539 g/mol. The minimum Gasteiger partial charge on any atom is -0.493 e. The Morgan fingerprint density at radius 3 is 2.31 bits per heavy atom. The van der Waals surface area contributed by atoms with Crippen molar-refractivity contribution in [3.05, 3.63) is 41.0 Å². The van der Waals surface area contributed by atoms with Gasteiger partial charge in [-0.25, -0.2) is 0 Å². The van der Waals surface area contributed by atoms with E-state index in [2.05, 4.69) is 10.2 Å². The lowest BCUT2D eigenvalue weighted by Crippen LogP contribution is -2.47. The third kappa shape index (κ3) is 5.80. The first-order valence-corrected chi connectivity index (χ1v) is 13.1. The number of benzene rings is 2. The van der Waals surface area contributed by atoms with E-state index in [4.69, 9.17) is 14.2 Å². The van der Waals surface area contributed by atoms with Crippen LogP contribution in [0.5, 0.6) is 17.2 Å². The highest BCUT2D eigenvalue weighted by molar-refractivity contribution is 5.87. The number of nitrogens with zero attached hydrogens (tertiary/aromatic N) is 2. The molecule has 2 N–H and O–H groups in total. The van der Waals surface area contributed by atoms with E-state index in [1.165, 1.54) is 6.92 Å². The van der Waals surface area contributed by atoms with Crippen LogP contribution in [0.4, 0.5) is 0 Å². The van der Waals surface area contributed by atoms with Crippen LogP contribution in [0.3, 0.4) is 0 Å². The maximum atomic E-state index is 13.1. The molecule has 2 aromatic rings. The number of amides is 2. The molecule has 1 heterocycles. The standard InChI is InChI=1S/C29H37N3O7/c1-17(33)30-23-9-7-19-15-24(37-3)27(38-4)28(39-5)26(19)20-8-6-18(14-22(20)23)21(29(35)36)16-25(34)32-12-10-31(2)11-13-32/h6,8,14-15,21,23H,7,9-13,16H2,1-5H3,(H,30,33)(H,35,36)/t21?,23-/m0/s1. The molecule has 1 fully saturated rings. The number of rotatable bonds is 8. The lowest BCUT2D eigenvalue weighted by atomic mass is 9.87. The van der Waals surface area contributed by atoms with Gasteiger partial charge in [0.05, 0.1) is 33.3 Å². The van der Waals surface area contributed by atoms with E-state index in [-0.39, 0.29) is 24.3 Å². The Morgan fingerprint density at radius 2 is 1.72 bits per heavy atom. The minimum absolute atomic E-state index is 0.131. The van der Waals surface area contributed by atoms with Crippen LogP contribution in [0.25, 0.3) is 11.1 Å². The van der Waals surface area contributed by atoms with Gasteiger partial charge in [-0.2, -0.15) is 0 Å². The number of hydrogen-bond acceptors (Lipinski definition) is 7. The zero-order valence-corrected chi connectivity index (χ0v) is 23.2. The topological polar surface area (TPSA) is 118 Å². The number of aryl methyl sites for hydroxylation is 1. The van der Waals surface area contributed by atoms with E-state index in [1.54, 1.807) is 32.3 Å². The van der Waals surface area contributed by atoms with Crippen molar-refractivity contribution < 1.29 is 33.7 Å². The van der Waals surface area contributed by atoms with Crippen molar-refractivity contribution in [3.63, 3.8) is 0 Å². The average Bonchev–Trinajstić information content (AvgIpc) is 3.06. The molecule has 1 saturated heterocycles. The van der Waals surface area contributed by atoms with Gasteiger partial charge in [0.15, 0.2) is 11.5 Å². The Kier molecular flexibility index (Phi) is 8.64. The summed E-state index contributed by atoms with van der Waals surface area (Å²) in [6, 6.07) is 6.98. The first kappa shape index (κ1) is 28.2. The minimum atomic E-state index is -1.06. The summed E-state index contributed by atoms with van der Waals surface area (Å²) in [5.74, 6) is -0.950. The Balaban J connectivity index is 1.80. The van der Waals surface area contributed by atoms with Gasteiger partial charge in [0.2, 0.25) is 17.6 Å². The molecular formula is C29H37N3O7. The highest BCUT2D eigenvalue weighted by Gasteiger charge is 2.32. The molecule has 0 spiro atoms. The normalized spacial score (nSPS) is 17.8. The Labute approximate surface area is 228 Å². The van der Waals surface area contributed by atoms with Crippen LogP contribution in [0.1, 0.15) is 48.4 Å². The van der Waals surface area contributed by atoms with Crippen LogP contribution in [0, 0.1) is 0 Å². The number of hydrogen-bond donors (Lipinski definition) is 2. The van der Waals surface area contributed by atoms with Gasteiger partial charge < -0.3 is 34.4 Å². The molecule has 1 unspecified atom stereocenters. The second-order valence-corrected chi connectivity index (χ2v) is 10.1. The average molecular weight is 540 g/mol. The number of methoxy groups -OCH3 is 3. The largest absolute Gasteiger partial charge is 0.493 e. The molecule has 2 aromatic carbocycles. The van der Waals surface area contributed by atoms with Gasteiger partial charge >= 0.3 is 5.97 Å². The van der Waals surface area contributed by atoms with E-state index in [0.717, 1.165) is 35.3 Å². The number of ether oxygens (including phenoxy) is 3. The van der Waals surface area contributed by atoms with E-state index in [1.807, 2.05) is 25.2 Å². The highest BCUT2D eigenvalue weighted by atomic mass is 16.5. The van der Waals surface area contributed by atoms with Crippen molar-refractivity contribution in [1.82, 2.24) is 15.1 Å². The Bertz CT molecular complexity index is 1250. The molecule has 10 nitrogen and oxygen atoms in total. The van der Waals surface area contributed by atoms with Gasteiger partial charge in [-0.15, -0.1) is 0 Å². The summed E-state index contributed by atoms with van der Waals surface area (Å²) in [6.07, 6.45) is 1.07. The van der Waals surface area contributed by atoms with Crippen LogP contribution in [-0.2, 0) is 20.8 Å². The van der Waals surface area contributed by atoms with Crippen molar-refractivity contribution in [1.29, 1.82) is 0 Å². The predicted octanol–water partition coefficient (Wildman–Crippen LogP) is 2.84. The molecule has 1 aliphatic carbocycles. The summed E-state index contributed by atoms with van der Waals surface area (Å²) in [6.45, 7) is 4.14. The maximum Gasteiger partial charge on any atom is 0.311 e. The van der Waals surface area contributed by atoms with Gasteiger partial charge in [0.25, 0.3) is 0 Å². The predicted molar refractivity (Wildman–Crippen MR) is 145 cm³/mol. The van der Waals surface area contributed by atoms with E-state index >= 15 is 0 Å². The Morgan fingerprint density at radius 1 is 1.03 bits per heavy atom. The number of carbonyl (C=O) groups is 3. The van der Waals surface area contributed by atoms with Crippen molar-refractivity contribution in [2.45, 2.75) is 38.1 Å². The van der Waals surface area contributed by atoms with Crippen LogP contribution >= 0.6 is 0 Å². The first-order chi connectivity index (χ1) is 18.7. The summed E-state index contributed by atoms with van der Waals surface area (Å²) in [4.78, 5) is 41.5. The van der Waals surface area contributed by atoms with E-state index in [0.29, 0.717) is 48.7 Å². The van der Waals surface area contributed by atoms with Crippen molar-refractivity contribution in [2.24, 2.45) is 0 Å². The summed E-state index contributed by atoms with van der Waals surface area (Å²) < 4.78 is 17.0. The first-order valence-electron chi connectivity index (χ1n) is 13.1. The fraction of sp³-hybridized carbons (Fsp3) is 0.483. The van der Waals surface area contributed by atoms with Crippen molar-refractivity contribution >= 4 is 17.8 Å². The second-order valence-electron chi connectivity index (χ2n) is 10.1. The SMILES string of the molecule is COc1cc2c(c(OC)c1OC)-c1ccc(C(CC(=O)N3CCN(C)CC3)C(=O)O)cc1[C@@H](NC(C)=O)CC2. The smallest absolute Gasteiger partial charge is 0.311 e. The highest BCUT2D eigenvalue weighted by Crippen LogP contribution is 2.50. The molecule has 2 amide bonds. The van der Waals surface area contributed by atoms with Crippen molar-refractivity contribution in [2.75, 3.05) is 54.6 Å². The number of nitrogens with one attached hydrogen (secondary N) is 1. The van der Waals surface area contributed by atoms with Crippen molar-refractivity contribution in [3.8, 4) is 28.4 Å². The lowest BCUT2D eigenvalue weighted by molar-refractivity contribution is -0.143. The fourth-order valence-corrected chi connectivity index (χ4v) is 5.57. The van der Waals surface area contributed by atoms with Crippen LogP contribution in [0.2, 0.25) is 0 Å². The number of carboxylic acid groups (broad SMARTS) is 1. The zero-order chi connectivity index (χ0) is 28.3. The molecule has 2 aliphatic rings. The number of carboxylic acids is 1. The molecule has 0 saturated carbocycles. The molecule has 0 aromatic heterocycles. The fourth-order valence-electron chi connectivity index (χ4n) is 5.57. The van der Waals surface area contributed by atoms with Gasteiger partial charge in [0.1, 0.15) is 0 Å². The van der Waals surface area contributed by atoms with E-state index in [9.17, 15) is 19.5 Å². The van der Waals surface area contributed by atoms with Crippen LogP contribution in [0.15, 0.2) is 24.3 Å². The van der Waals surface area contributed by atoms with E-state index < -0.39 is 11.9 Å². The maximum absolute atomic E-state index is 13.1. The quantitative estimate of drug-likeness (QED) is 0.526. The van der Waals surface area contributed by atoms with Gasteiger partial charge in [-0.05, 0) is 48.2 Å². The summed E-state index contributed by atoms with van der Waals surface area (Å²) in [5, 5.41) is 13.2. The number of piperazine rings is 1. The third-order valence-corrected chi connectivity index (χ3v) is 7.65. The molecule has 10 heteroatoms. The molecule has 1 aliphatic heterocycles. The second kappa shape index (κ2) is 11.9. The molecular weight excluding hydrogens is 502 g/mol. The molecule has 39 heavy (non-hydrogen) atoms. The number of likely N-dealkylation sites (N-methyl/N-ethyl adjacent to an activating group) is 1. The summed E-state index contributed by atoms with van der Waals surface area (Å²) >= 11 is 0. The zero-order valence-electron chi connectivity index (χ0n) is 23.2. The summed E-state index contributed by atoms with van der Waals surface area (Å²) in [7, 11) is 6.67. The lowest BCUT2D eigenvalue weighted by Gasteiger charge is -2.33. The molecule has 0 bridgehead atoms. The van der Waals surface area contributed by atoms with Crippen LogP contribution < -0.4 is 19.5 Å². The Hall–Kier alpha value is -3.79. The molecule has 2 atom stereocenters. The number of fused-ring (bicyclic) bond motifs is 3.